The highest BCUT2D eigenvalue weighted by atomic mass is 19.1. The van der Waals surface area contributed by atoms with Crippen molar-refractivity contribution in [3.05, 3.63) is 82.8 Å². The number of aryl methyl sites for hydroxylation is 1. The molecule has 1 heterocycles. The normalized spacial score (nSPS) is 10.5. The predicted octanol–water partition coefficient (Wildman–Crippen LogP) is 3.82. The van der Waals surface area contributed by atoms with Crippen LogP contribution in [0.1, 0.15) is 27.2 Å². The van der Waals surface area contributed by atoms with Crippen LogP contribution in [0.5, 0.6) is 0 Å². The summed E-state index contributed by atoms with van der Waals surface area (Å²) in [6, 6.07) is 17.5. The van der Waals surface area contributed by atoms with Gasteiger partial charge in [0.1, 0.15) is 5.82 Å². The van der Waals surface area contributed by atoms with Crippen molar-refractivity contribution < 1.29 is 9.18 Å². The van der Waals surface area contributed by atoms with Gasteiger partial charge in [0.05, 0.1) is 17.2 Å². The molecule has 0 unspecified atom stereocenters. The van der Waals surface area contributed by atoms with Gasteiger partial charge in [0.25, 0.3) is 5.91 Å². The summed E-state index contributed by atoms with van der Waals surface area (Å²) < 4.78 is 15.1. The maximum atomic E-state index is 13.1. The monoisotopic (exact) mass is 347 g/mol. The summed E-state index contributed by atoms with van der Waals surface area (Å²) in [7, 11) is 0. The van der Waals surface area contributed by atoms with Crippen molar-refractivity contribution in [3.8, 4) is 17.3 Å². The minimum absolute atomic E-state index is 0.264. The number of carbonyl (C=O) groups is 1. The zero-order valence-corrected chi connectivity index (χ0v) is 14.4. The van der Waals surface area contributed by atoms with Crippen LogP contribution in [0, 0.1) is 24.1 Å². The molecule has 0 aliphatic heterocycles. The lowest BCUT2D eigenvalue weighted by Gasteiger charge is -2.12. The summed E-state index contributed by atoms with van der Waals surface area (Å²) in [4.78, 5) is 11.8. The zero-order valence-electron chi connectivity index (χ0n) is 14.4. The zero-order chi connectivity index (χ0) is 18.7. The van der Waals surface area contributed by atoms with Crippen LogP contribution in [0.3, 0.4) is 0 Å². The number of amides is 1. The Hall–Kier alpha value is -3.39. The van der Waals surface area contributed by atoms with Gasteiger partial charge in [-0.15, -0.1) is 0 Å². The molecule has 0 spiro atoms. The first-order valence-corrected chi connectivity index (χ1v) is 8.24. The molecule has 4 nitrogen and oxygen atoms in total. The average molecular weight is 347 g/mol. The Morgan fingerprint density at radius 1 is 1.15 bits per heavy atom. The molecule has 0 bridgehead atoms. The van der Waals surface area contributed by atoms with Crippen LogP contribution in [-0.2, 0) is 13.0 Å². The van der Waals surface area contributed by atoms with Crippen LogP contribution in [0.25, 0.3) is 11.3 Å². The van der Waals surface area contributed by atoms with E-state index in [-0.39, 0.29) is 5.82 Å². The first-order valence-electron chi connectivity index (χ1n) is 8.24. The number of nitrogens with two attached hydrogens (primary N) is 1. The maximum absolute atomic E-state index is 13.1. The summed E-state index contributed by atoms with van der Waals surface area (Å²) in [5.41, 5.74) is 10.1. The lowest BCUT2D eigenvalue weighted by molar-refractivity contribution is 0.0999. The van der Waals surface area contributed by atoms with E-state index in [0.29, 0.717) is 24.1 Å². The number of aromatic nitrogens is 1. The van der Waals surface area contributed by atoms with Crippen LogP contribution < -0.4 is 5.73 Å². The second-order valence-corrected chi connectivity index (χ2v) is 6.11. The van der Waals surface area contributed by atoms with Crippen molar-refractivity contribution in [1.29, 1.82) is 5.26 Å². The Bertz CT molecular complexity index is 980. The van der Waals surface area contributed by atoms with E-state index in [1.54, 1.807) is 30.3 Å². The van der Waals surface area contributed by atoms with Crippen molar-refractivity contribution in [2.24, 2.45) is 5.73 Å². The molecule has 0 saturated carbocycles. The standard InChI is InChI=1S/C21H18FN3O/c1-14-19(21(24)26)12-20(17-6-2-16(13-23)3-7-17)25(14)11-10-15-4-8-18(22)9-5-15/h2-9,12H,10-11H2,1H3,(H2,24,26). The van der Waals surface area contributed by atoms with Gasteiger partial charge >= 0.3 is 0 Å². The summed E-state index contributed by atoms with van der Waals surface area (Å²) >= 11 is 0. The molecular weight excluding hydrogens is 329 g/mol. The van der Waals surface area contributed by atoms with Crippen molar-refractivity contribution in [3.63, 3.8) is 0 Å². The van der Waals surface area contributed by atoms with Crippen molar-refractivity contribution >= 4 is 5.91 Å². The molecule has 0 fully saturated rings. The van der Waals surface area contributed by atoms with Gasteiger partial charge in [-0.2, -0.15) is 5.26 Å². The van der Waals surface area contributed by atoms with Gasteiger partial charge in [0, 0.05) is 17.9 Å². The van der Waals surface area contributed by atoms with Gasteiger partial charge in [-0.05, 0) is 54.8 Å². The molecule has 2 N–H and O–H groups in total. The average Bonchev–Trinajstić information content (AvgIpc) is 2.98. The number of hydrogen-bond acceptors (Lipinski definition) is 2. The number of nitriles is 1. The van der Waals surface area contributed by atoms with Gasteiger partial charge in [-0.25, -0.2) is 4.39 Å². The number of halogens is 1. The van der Waals surface area contributed by atoms with Crippen LogP contribution in [0.4, 0.5) is 4.39 Å². The first kappa shape index (κ1) is 17.4. The molecule has 130 valence electrons. The SMILES string of the molecule is Cc1c(C(N)=O)cc(-c2ccc(C#N)cc2)n1CCc1ccc(F)cc1. The van der Waals surface area contributed by atoms with E-state index in [1.165, 1.54) is 12.1 Å². The molecule has 2 aromatic carbocycles. The number of primary amides is 1. The highest BCUT2D eigenvalue weighted by Crippen LogP contribution is 2.26. The minimum Gasteiger partial charge on any atom is -0.366 e. The first-order chi connectivity index (χ1) is 12.5. The summed E-state index contributed by atoms with van der Waals surface area (Å²) in [5.74, 6) is -0.738. The molecule has 0 radical (unpaired) electrons. The van der Waals surface area contributed by atoms with E-state index in [4.69, 9.17) is 11.0 Å². The molecule has 1 amide bonds. The van der Waals surface area contributed by atoms with Gasteiger partial charge in [0.15, 0.2) is 0 Å². The van der Waals surface area contributed by atoms with Gasteiger partial charge in [-0.1, -0.05) is 24.3 Å². The van der Waals surface area contributed by atoms with Gasteiger partial charge in [0.2, 0.25) is 0 Å². The van der Waals surface area contributed by atoms with Crippen LogP contribution >= 0.6 is 0 Å². The molecule has 3 aromatic rings. The van der Waals surface area contributed by atoms with E-state index < -0.39 is 5.91 Å². The van der Waals surface area contributed by atoms with E-state index in [1.807, 2.05) is 23.6 Å². The second-order valence-electron chi connectivity index (χ2n) is 6.11. The van der Waals surface area contributed by atoms with Crippen LogP contribution in [0.15, 0.2) is 54.6 Å². The fraction of sp³-hybridized carbons (Fsp3) is 0.143. The van der Waals surface area contributed by atoms with Gasteiger partial charge in [-0.3, -0.25) is 4.79 Å². The fourth-order valence-electron chi connectivity index (χ4n) is 3.03. The van der Waals surface area contributed by atoms with E-state index in [0.717, 1.165) is 22.5 Å². The molecular formula is C21H18FN3O. The molecule has 5 heteroatoms. The molecule has 3 rings (SSSR count). The third kappa shape index (κ3) is 3.50. The molecule has 0 saturated heterocycles. The highest BCUT2D eigenvalue weighted by Gasteiger charge is 2.16. The molecule has 0 aliphatic carbocycles. The van der Waals surface area contributed by atoms with E-state index in [9.17, 15) is 9.18 Å². The number of benzene rings is 2. The Morgan fingerprint density at radius 3 is 2.38 bits per heavy atom. The van der Waals surface area contributed by atoms with Crippen molar-refractivity contribution in [2.75, 3.05) is 0 Å². The Labute approximate surface area is 151 Å². The van der Waals surface area contributed by atoms with Crippen LogP contribution in [0.2, 0.25) is 0 Å². The van der Waals surface area contributed by atoms with E-state index >= 15 is 0 Å². The molecule has 0 aliphatic rings. The lowest BCUT2D eigenvalue weighted by atomic mass is 10.1. The Morgan fingerprint density at radius 2 is 1.81 bits per heavy atom. The second kappa shape index (κ2) is 7.24. The topological polar surface area (TPSA) is 71.8 Å². The smallest absolute Gasteiger partial charge is 0.250 e. The van der Waals surface area contributed by atoms with Crippen molar-refractivity contribution in [2.45, 2.75) is 19.9 Å². The maximum Gasteiger partial charge on any atom is 0.250 e. The Kier molecular flexibility index (Phi) is 4.85. The molecule has 1 aromatic heterocycles. The Balaban J connectivity index is 1.97. The largest absolute Gasteiger partial charge is 0.366 e. The summed E-state index contributed by atoms with van der Waals surface area (Å²) in [6.45, 7) is 2.48. The number of nitrogens with zero attached hydrogens (tertiary/aromatic N) is 2. The number of carbonyl (C=O) groups excluding carboxylic acids is 1. The van der Waals surface area contributed by atoms with Crippen LogP contribution in [-0.4, -0.2) is 10.5 Å². The van der Waals surface area contributed by atoms with Gasteiger partial charge < -0.3 is 10.3 Å². The summed E-state index contributed by atoms with van der Waals surface area (Å²) in [6.07, 6.45) is 0.692. The predicted molar refractivity (Wildman–Crippen MR) is 97.9 cm³/mol. The quantitative estimate of drug-likeness (QED) is 0.762. The third-order valence-electron chi connectivity index (χ3n) is 4.48. The lowest BCUT2D eigenvalue weighted by Crippen LogP contribution is -2.13. The summed E-state index contributed by atoms with van der Waals surface area (Å²) in [5, 5.41) is 8.96. The fourth-order valence-corrected chi connectivity index (χ4v) is 3.03. The van der Waals surface area contributed by atoms with Crippen molar-refractivity contribution in [1.82, 2.24) is 4.57 Å². The number of rotatable bonds is 5. The molecule has 26 heavy (non-hydrogen) atoms. The number of hydrogen-bond donors (Lipinski definition) is 1. The van der Waals surface area contributed by atoms with E-state index in [2.05, 4.69) is 6.07 Å². The third-order valence-corrected chi connectivity index (χ3v) is 4.48. The molecule has 0 atom stereocenters. The minimum atomic E-state index is -0.474. The highest BCUT2D eigenvalue weighted by molar-refractivity contribution is 5.95.